The van der Waals surface area contributed by atoms with Crippen molar-refractivity contribution in [1.82, 2.24) is 5.32 Å². The van der Waals surface area contributed by atoms with Crippen molar-refractivity contribution in [3.63, 3.8) is 0 Å². The molecule has 3 atom stereocenters. The first-order valence-corrected chi connectivity index (χ1v) is 18.3. The van der Waals surface area contributed by atoms with Gasteiger partial charge in [-0.15, -0.1) is 0 Å². The zero-order chi connectivity index (χ0) is 28.9. The van der Waals surface area contributed by atoms with Gasteiger partial charge in [0.2, 0.25) is 5.91 Å². The number of ether oxygens (including phenoxy) is 1. The number of benzene rings is 2. The van der Waals surface area contributed by atoms with Crippen LogP contribution in [0.2, 0.25) is 35.7 Å². The van der Waals surface area contributed by atoms with Crippen LogP contribution in [-0.4, -0.2) is 50.7 Å². The first kappa shape index (κ1) is 29.1. The van der Waals surface area contributed by atoms with Crippen LogP contribution in [0, 0.1) is 11.3 Å². The smallest absolute Gasteiger partial charge is 0.304 e. The first-order chi connectivity index (χ1) is 18.8. The van der Waals surface area contributed by atoms with Crippen LogP contribution < -0.4 is 10.2 Å². The van der Waals surface area contributed by atoms with Crippen LogP contribution in [0.1, 0.15) is 42.7 Å². The molecule has 3 aliphatic rings. The average molecular weight is 604 g/mol. The fourth-order valence-corrected chi connectivity index (χ4v) is 7.21. The third kappa shape index (κ3) is 5.56. The molecule has 1 aliphatic carbocycles. The molecule has 1 saturated heterocycles. The lowest BCUT2D eigenvalue weighted by Crippen LogP contribution is -2.65. The van der Waals surface area contributed by atoms with Crippen LogP contribution in [0.15, 0.2) is 42.5 Å². The van der Waals surface area contributed by atoms with E-state index in [-0.39, 0.29) is 18.9 Å². The van der Waals surface area contributed by atoms with Crippen molar-refractivity contribution in [2.24, 2.45) is 11.3 Å². The summed E-state index contributed by atoms with van der Waals surface area (Å²) in [5, 5.41) is 14.1. The fourth-order valence-electron chi connectivity index (χ4n) is 6.09. The van der Waals surface area contributed by atoms with Gasteiger partial charge in [0.05, 0.1) is 24.1 Å². The fraction of sp³-hybridized carbons (Fsp3) is 0.500. The highest BCUT2D eigenvalue weighted by atomic mass is 35.5. The van der Waals surface area contributed by atoms with Gasteiger partial charge in [-0.3, -0.25) is 14.4 Å². The van der Waals surface area contributed by atoms with E-state index < -0.39 is 43.2 Å². The predicted octanol–water partition coefficient (Wildman–Crippen LogP) is 6.06. The molecule has 2 N–H and O–H groups in total. The summed E-state index contributed by atoms with van der Waals surface area (Å²) >= 11 is 12.8. The van der Waals surface area contributed by atoms with Gasteiger partial charge in [0.25, 0.3) is 5.91 Å². The summed E-state index contributed by atoms with van der Waals surface area (Å²) in [6.45, 7) is 7.66. The van der Waals surface area contributed by atoms with Gasteiger partial charge in [0.1, 0.15) is 0 Å². The molecule has 0 aromatic heterocycles. The first-order valence-electron chi connectivity index (χ1n) is 13.8. The molecular formula is C30H36Cl2N2O5Si. The van der Waals surface area contributed by atoms with Crippen LogP contribution in [0.4, 0.5) is 5.69 Å². The largest absolute Gasteiger partial charge is 0.481 e. The topological polar surface area (TPSA) is 95.9 Å². The minimum Gasteiger partial charge on any atom is -0.481 e. The molecule has 10 heteroatoms. The number of carbonyl (C=O) groups excluding carboxylic acids is 2. The maximum absolute atomic E-state index is 14.5. The molecule has 1 spiro atoms. The third-order valence-electron chi connectivity index (χ3n) is 8.42. The number of piperidine rings is 1. The number of halogens is 2. The highest BCUT2D eigenvalue weighted by Gasteiger charge is 2.64. The van der Waals surface area contributed by atoms with Crippen LogP contribution in [-0.2, 0) is 24.7 Å². The number of aliphatic carboxylic acids is 1. The van der Waals surface area contributed by atoms with Crippen molar-refractivity contribution in [2.75, 3.05) is 24.7 Å². The number of nitrogens with zero attached hydrogens (tertiary/aromatic N) is 1. The highest BCUT2D eigenvalue weighted by Crippen LogP contribution is 2.56. The molecule has 40 heavy (non-hydrogen) atoms. The number of anilines is 1. The van der Waals surface area contributed by atoms with Crippen molar-refractivity contribution < 1.29 is 24.2 Å². The van der Waals surface area contributed by atoms with E-state index in [9.17, 15) is 19.5 Å². The number of carboxylic acids is 1. The van der Waals surface area contributed by atoms with E-state index in [1.807, 2.05) is 18.2 Å². The molecule has 2 aromatic rings. The number of hydrogen-bond acceptors (Lipinski definition) is 4. The minimum absolute atomic E-state index is 0.0454. The Morgan fingerprint density at radius 3 is 2.50 bits per heavy atom. The molecule has 2 aromatic carbocycles. The number of hydrogen-bond donors (Lipinski definition) is 2. The molecule has 0 radical (unpaired) electrons. The average Bonchev–Trinajstić information content (AvgIpc) is 3.66. The number of fused-ring (bicyclic) bond motifs is 2. The summed E-state index contributed by atoms with van der Waals surface area (Å²) in [5.41, 5.74) is -0.665. The Labute approximate surface area is 246 Å². The molecule has 7 nitrogen and oxygen atoms in total. The van der Waals surface area contributed by atoms with Crippen LogP contribution >= 0.6 is 23.2 Å². The van der Waals surface area contributed by atoms with Gasteiger partial charge >= 0.3 is 5.97 Å². The van der Waals surface area contributed by atoms with Gasteiger partial charge in [-0.1, -0.05) is 61.0 Å². The summed E-state index contributed by atoms with van der Waals surface area (Å²) in [7, 11) is -1.40. The van der Waals surface area contributed by atoms with Crippen LogP contribution in [0.3, 0.4) is 0 Å². The Hall–Kier alpha value is -2.39. The Morgan fingerprint density at radius 1 is 1.12 bits per heavy atom. The lowest BCUT2D eigenvalue weighted by Gasteiger charge is -2.48. The number of nitrogens with one attached hydrogen (secondary N) is 1. The summed E-state index contributed by atoms with van der Waals surface area (Å²) in [6, 6.07) is 13.5. The summed E-state index contributed by atoms with van der Waals surface area (Å²) < 4.78 is 6.05. The van der Waals surface area contributed by atoms with E-state index in [4.69, 9.17) is 27.9 Å². The molecule has 2 amide bonds. The van der Waals surface area contributed by atoms with Crippen LogP contribution in [0.25, 0.3) is 0 Å². The number of carboxylic acid groups (broad SMARTS) is 1. The van der Waals surface area contributed by atoms with Gasteiger partial charge in [-0.05, 0) is 61.1 Å². The Bertz CT molecular complexity index is 1340. The van der Waals surface area contributed by atoms with Crippen LogP contribution in [0.5, 0.6) is 0 Å². The van der Waals surface area contributed by atoms with Gasteiger partial charge in [0, 0.05) is 42.8 Å². The maximum atomic E-state index is 14.5. The van der Waals surface area contributed by atoms with Crippen molar-refractivity contribution in [3.05, 3.63) is 63.6 Å². The molecule has 0 unspecified atom stereocenters. The monoisotopic (exact) mass is 602 g/mol. The molecule has 2 heterocycles. The van der Waals surface area contributed by atoms with Gasteiger partial charge in [0.15, 0.2) is 5.54 Å². The molecule has 214 valence electrons. The van der Waals surface area contributed by atoms with E-state index in [1.54, 1.807) is 29.2 Å². The lowest BCUT2D eigenvalue weighted by molar-refractivity contribution is -0.156. The summed E-state index contributed by atoms with van der Waals surface area (Å²) in [6.07, 6.45) is 1.80. The second kappa shape index (κ2) is 10.8. The predicted molar refractivity (Wildman–Crippen MR) is 159 cm³/mol. The second-order valence-corrected chi connectivity index (χ2v) is 19.3. The minimum atomic E-state index is -1.42. The zero-order valence-electron chi connectivity index (χ0n) is 23.1. The Morgan fingerprint density at radius 2 is 1.85 bits per heavy atom. The molecule has 1 saturated carbocycles. The number of carbonyl (C=O) groups is 3. The Balaban J connectivity index is 1.61. The summed E-state index contributed by atoms with van der Waals surface area (Å²) in [4.78, 5) is 42.6. The van der Waals surface area contributed by atoms with Gasteiger partial charge in [-0.2, -0.15) is 0 Å². The van der Waals surface area contributed by atoms with E-state index in [2.05, 4.69) is 25.0 Å². The SMILES string of the molecule is C[Si](C)(C)CCOC[C@]1(CC(=O)O)C[C@H](c2cccc(Cl)c2)[C@@]2(NC1=O)C(=O)N(CC1CC1)c1cc(Cl)ccc12. The maximum Gasteiger partial charge on any atom is 0.304 e. The van der Waals surface area contributed by atoms with E-state index in [0.29, 0.717) is 40.4 Å². The quantitative estimate of drug-likeness (QED) is 0.254. The molecular weight excluding hydrogens is 567 g/mol. The number of rotatable bonds is 10. The van der Waals surface area contributed by atoms with E-state index >= 15 is 0 Å². The van der Waals surface area contributed by atoms with E-state index in [1.165, 1.54) is 0 Å². The highest BCUT2D eigenvalue weighted by molar-refractivity contribution is 6.76. The van der Waals surface area contributed by atoms with E-state index in [0.717, 1.165) is 24.4 Å². The van der Waals surface area contributed by atoms with Crippen molar-refractivity contribution >= 4 is 54.7 Å². The zero-order valence-corrected chi connectivity index (χ0v) is 25.6. The Kier molecular flexibility index (Phi) is 7.85. The number of amides is 2. The third-order valence-corrected chi connectivity index (χ3v) is 10.6. The lowest BCUT2D eigenvalue weighted by atomic mass is 9.62. The molecule has 0 bridgehead atoms. The molecule has 2 aliphatic heterocycles. The molecule has 5 rings (SSSR count). The van der Waals surface area contributed by atoms with Gasteiger partial charge < -0.3 is 20.1 Å². The second-order valence-electron chi connectivity index (χ2n) is 12.8. The normalized spacial score (nSPS) is 26.2. The molecule has 2 fully saturated rings. The van der Waals surface area contributed by atoms with Crippen molar-refractivity contribution in [3.8, 4) is 0 Å². The standard InChI is InChI=1S/C30H36Cl2N2O5Si/c1-40(2,3)12-11-39-18-29(16-26(35)36)15-24(20-5-4-6-21(31)13-20)30(33-27(29)37)23-10-9-22(32)14-25(23)34(28(30)38)17-19-7-8-19/h4-6,9-10,13-14,19,24H,7-8,11-12,15-18H2,1-3H3,(H,33,37)(H,35,36)/t24-,29-,30-/m1/s1. The van der Waals surface area contributed by atoms with Crippen molar-refractivity contribution in [2.45, 2.75) is 62.8 Å². The van der Waals surface area contributed by atoms with Gasteiger partial charge in [-0.25, -0.2) is 0 Å². The van der Waals surface area contributed by atoms with Crippen molar-refractivity contribution in [1.29, 1.82) is 0 Å². The summed E-state index contributed by atoms with van der Waals surface area (Å²) in [5.74, 6) is -1.98.